The summed E-state index contributed by atoms with van der Waals surface area (Å²) in [4.78, 5) is 10.3. The van der Waals surface area contributed by atoms with Crippen LogP contribution in [-0.4, -0.2) is 45.7 Å². The third-order valence-electron chi connectivity index (χ3n) is 1.88. The number of halogens is 2. The standard InChI is InChI=1S/C9H11F2NO5S2/c10-8(11)4-17-2-1-12-19(15,16)6-3-7(9(13)14)18-5-6/h3,5,8,12H,1-2,4H2,(H,13,14). The molecule has 6 nitrogen and oxygen atoms in total. The summed E-state index contributed by atoms with van der Waals surface area (Å²) in [6.45, 7) is -1.13. The van der Waals surface area contributed by atoms with Crippen molar-refractivity contribution in [2.45, 2.75) is 11.3 Å². The molecule has 0 atom stereocenters. The third kappa shape index (κ3) is 5.19. The van der Waals surface area contributed by atoms with E-state index in [1.165, 1.54) is 5.38 Å². The molecular weight excluding hydrogens is 304 g/mol. The van der Waals surface area contributed by atoms with Gasteiger partial charge in [0.15, 0.2) is 0 Å². The average molecular weight is 315 g/mol. The summed E-state index contributed by atoms with van der Waals surface area (Å²) in [5.74, 6) is -1.22. The van der Waals surface area contributed by atoms with E-state index >= 15 is 0 Å². The molecule has 1 rings (SSSR count). The Bertz CT molecular complexity index is 528. The van der Waals surface area contributed by atoms with Gasteiger partial charge in [-0.25, -0.2) is 26.7 Å². The predicted octanol–water partition coefficient (Wildman–Crippen LogP) is 1.01. The summed E-state index contributed by atoms with van der Waals surface area (Å²) >= 11 is 0.783. The molecule has 108 valence electrons. The minimum atomic E-state index is -3.84. The van der Waals surface area contributed by atoms with E-state index < -0.39 is 29.0 Å². The van der Waals surface area contributed by atoms with Crippen LogP contribution in [-0.2, 0) is 14.8 Å². The van der Waals surface area contributed by atoms with Gasteiger partial charge in [-0.05, 0) is 6.07 Å². The largest absolute Gasteiger partial charge is 0.477 e. The summed E-state index contributed by atoms with van der Waals surface area (Å²) in [6, 6.07) is 1.02. The lowest BCUT2D eigenvalue weighted by molar-refractivity contribution is 0.0199. The summed E-state index contributed by atoms with van der Waals surface area (Å²) < 4.78 is 53.4. The minimum Gasteiger partial charge on any atom is -0.477 e. The topological polar surface area (TPSA) is 92.7 Å². The molecule has 0 unspecified atom stereocenters. The lowest BCUT2D eigenvalue weighted by atomic mass is 10.5. The Morgan fingerprint density at radius 1 is 1.53 bits per heavy atom. The van der Waals surface area contributed by atoms with Crippen LogP contribution in [0.5, 0.6) is 0 Å². The van der Waals surface area contributed by atoms with Crippen LogP contribution in [0.15, 0.2) is 16.3 Å². The van der Waals surface area contributed by atoms with E-state index in [9.17, 15) is 22.0 Å². The number of thiophene rings is 1. The number of aromatic carboxylic acids is 1. The molecule has 0 bridgehead atoms. The maximum absolute atomic E-state index is 11.7. The van der Waals surface area contributed by atoms with Crippen LogP contribution in [0.2, 0.25) is 0 Å². The molecule has 0 aliphatic carbocycles. The fourth-order valence-electron chi connectivity index (χ4n) is 1.08. The van der Waals surface area contributed by atoms with Crippen LogP contribution >= 0.6 is 11.3 Å². The van der Waals surface area contributed by atoms with Gasteiger partial charge in [0.1, 0.15) is 11.5 Å². The Kier molecular flexibility index (Phi) is 5.79. The number of nitrogens with one attached hydrogen (secondary N) is 1. The number of hydrogen-bond donors (Lipinski definition) is 2. The molecule has 1 heterocycles. The fourth-order valence-corrected chi connectivity index (χ4v) is 3.20. The maximum atomic E-state index is 11.7. The van der Waals surface area contributed by atoms with Crippen molar-refractivity contribution in [3.8, 4) is 0 Å². The van der Waals surface area contributed by atoms with E-state index in [2.05, 4.69) is 9.46 Å². The molecule has 0 aliphatic heterocycles. The molecule has 0 saturated carbocycles. The highest BCUT2D eigenvalue weighted by Crippen LogP contribution is 2.18. The summed E-state index contributed by atoms with van der Waals surface area (Å²) in [7, 11) is -3.84. The first-order chi connectivity index (χ1) is 8.83. The van der Waals surface area contributed by atoms with Gasteiger partial charge in [0.25, 0.3) is 6.43 Å². The monoisotopic (exact) mass is 315 g/mol. The number of sulfonamides is 1. The van der Waals surface area contributed by atoms with Crippen molar-refractivity contribution in [1.29, 1.82) is 0 Å². The zero-order chi connectivity index (χ0) is 14.5. The molecule has 10 heteroatoms. The molecule has 0 spiro atoms. The maximum Gasteiger partial charge on any atom is 0.345 e. The highest BCUT2D eigenvalue weighted by Gasteiger charge is 2.18. The first-order valence-electron chi connectivity index (χ1n) is 5.00. The van der Waals surface area contributed by atoms with E-state index in [0.29, 0.717) is 0 Å². The van der Waals surface area contributed by atoms with Gasteiger partial charge < -0.3 is 9.84 Å². The number of carbonyl (C=O) groups is 1. The van der Waals surface area contributed by atoms with Crippen molar-refractivity contribution < 1.29 is 31.8 Å². The van der Waals surface area contributed by atoms with Gasteiger partial charge in [0.2, 0.25) is 10.0 Å². The first-order valence-corrected chi connectivity index (χ1v) is 7.36. The fraction of sp³-hybridized carbons (Fsp3) is 0.444. The zero-order valence-electron chi connectivity index (χ0n) is 9.51. The van der Waals surface area contributed by atoms with Crippen molar-refractivity contribution in [1.82, 2.24) is 4.72 Å². The second kappa shape index (κ2) is 6.89. The third-order valence-corrected chi connectivity index (χ3v) is 4.39. The molecule has 0 radical (unpaired) electrons. The number of ether oxygens (including phenoxy) is 1. The molecular formula is C9H11F2NO5S2. The molecule has 2 N–H and O–H groups in total. The second-order valence-electron chi connectivity index (χ2n) is 3.32. The number of carboxylic acids is 1. The van der Waals surface area contributed by atoms with Gasteiger partial charge in [0, 0.05) is 11.9 Å². The Labute approximate surface area is 112 Å². The molecule has 0 amide bonds. The van der Waals surface area contributed by atoms with Gasteiger partial charge in [-0.2, -0.15) is 0 Å². The van der Waals surface area contributed by atoms with E-state index in [0.717, 1.165) is 17.4 Å². The van der Waals surface area contributed by atoms with Crippen LogP contribution in [0, 0.1) is 0 Å². The predicted molar refractivity (Wildman–Crippen MR) is 63.3 cm³/mol. The Balaban J connectivity index is 2.49. The van der Waals surface area contributed by atoms with Crippen molar-refractivity contribution in [2.75, 3.05) is 19.8 Å². The van der Waals surface area contributed by atoms with Gasteiger partial charge in [0.05, 0.1) is 11.5 Å². The van der Waals surface area contributed by atoms with Crippen molar-refractivity contribution in [3.63, 3.8) is 0 Å². The minimum absolute atomic E-state index is 0.102. The van der Waals surface area contributed by atoms with E-state index in [1.807, 2.05) is 0 Å². The molecule has 0 aliphatic rings. The molecule has 0 fully saturated rings. The summed E-state index contributed by atoms with van der Waals surface area (Å²) in [5.41, 5.74) is 0. The summed E-state index contributed by atoms with van der Waals surface area (Å²) in [6.07, 6.45) is -2.60. The zero-order valence-corrected chi connectivity index (χ0v) is 11.1. The van der Waals surface area contributed by atoms with E-state index in [4.69, 9.17) is 5.11 Å². The first kappa shape index (κ1) is 16.0. The Morgan fingerprint density at radius 2 is 2.21 bits per heavy atom. The van der Waals surface area contributed by atoms with E-state index in [-0.39, 0.29) is 22.9 Å². The Hall–Kier alpha value is -1.10. The molecule has 0 saturated heterocycles. The van der Waals surface area contributed by atoms with Crippen LogP contribution in [0.4, 0.5) is 8.78 Å². The van der Waals surface area contributed by atoms with Gasteiger partial charge in [-0.1, -0.05) is 0 Å². The number of hydrogen-bond acceptors (Lipinski definition) is 5. The van der Waals surface area contributed by atoms with Gasteiger partial charge in [-0.3, -0.25) is 0 Å². The number of carboxylic acid groups (broad SMARTS) is 1. The van der Waals surface area contributed by atoms with Crippen molar-refractivity contribution in [3.05, 3.63) is 16.3 Å². The number of alkyl halides is 2. The van der Waals surface area contributed by atoms with Gasteiger partial charge >= 0.3 is 5.97 Å². The lowest BCUT2D eigenvalue weighted by Crippen LogP contribution is -2.27. The van der Waals surface area contributed by atoms with Gasteiger partial charge in [-0.15, -0.1) is 11.3 Å². The molecule has 1 aromatic heterocycles. The van der Waals surface area contributed by atoms with Crippen molar-refractivity contribution in [2.24, 2.45) is 0 Å². The van der Waals surface area contributed by atoms with Crippen molar-refractivity contribution >= 4 is 27.3 Å². The van der Waals surface area contributed by atoms with E-state index in [1.54, 1.807) is 0 Å². The smallest absolute Gasteiger partial charge is 0.345 e. The highest BCUT2D eigenvalue weighted by atomic mass is 32.2. The molecule has 19 heavy (non-hydrogen) atoms. The van der Waals surface area contributed by atoms with Crippen LogP contribution in [0.1, 0.15) is 9.67 Å². The normalized spacial score (nSPS) is 11.9. The van der Waals surface area contributed by atoms with Crippen LogP contribution in [0.25, 0.3) is 0 Å². The van der Waals surface area contributed by atoms with Crippen LogP contribution in [0.3, 0.4) is 0 Å². The van der Waals surface area contributed by atoms with Crippen LogP contribution < -0.4 is 4.72 Å². The molecule has 0 aromatic carbocycles. The Morgan fingerprint density at radius 3 is 2.74 bits per heavy atom. The molecule has 1 aromatic rings. The summed E-state index contributed by atoms with van der Waals surface area (Å²) in [5, 5.41) is 9.85. The SMILES string of the molecule is O=C(O)c1cc(S(=O)(=O)NCCOCC(F)F)cs1. The average Bonchev–Trinajstić information content (AvgIpc) is 2.77. The lowest BCUT2D eigenvalue weighted by Gasteiger charge is -2.05. The second-order valence-corrected chi connectivity index (χ2v) is 5.99. The highest BCUT2D eigenvalue weighted by molar-refractivity contribution is 7.89. The quantitative estimate of drug-likeness (QED) is 0.698. The number of rotatable bonds is 8.